The first-order chi connectivity index (χ1) is 11.5. The summed E-state index contributed by atoms with van der Waals surface area (Å²) in [5.74, 6) is 0. The molecule has 2 fully saturated rings. The molecule has 2 aliphatic rings. The van der Waals surface area contributed by atoms with Crippen LogP contribution in [-0.2, 0) is 9.30 Å². The fourth-order valence-electron chi connectivity index (χ4n) is 3.47. The maximum atomic E-state index is 12.0. The van der Waals surface area contributed by atoms with Gasteiger partial charge in [0.2, 0.25) is 0 Å². The predicted molar refractivity (Wildman–Crippen MR) is 101 cm³/mol. The number of carbonyl (C=O) groups is 1. The Hall–Kier alpha value is -1.61. The Morgan fingerprint density at radius 1 is 1.28 bits per heavy atom. The van der Waals surface area contributed by atoms with E-state index >= 15 is 0 Å². The van der Waals surface area contributed by atoms with Gasteiger partial charge in [-0.2, -0.15) is 0 Å². The SMILES string of the molecule is CC(C)(C)OC(=O)N1CC2(CC(=Cc3ccc(P(C)(C)=O)cn3)C2)C1. The lowest BCUT2D eigenvalue weighted by molar-refractivity contribution is -0.0498. The van der Waals surface area contributed by atoms with Gasteiger partial charge in [0.1, 0.15) is 12.7 Å². The third kappa shape index (κ3) is 4.14. The van der Waals surface area contributed by atoms with E-state index in [1.54, 1.807) is 24.4 Å². The number of amides is 1. The molecular formula is C19H27N2O3P. The highest BCUT2D eigenvalue weighted by atomic mass is 31.2. The van der Waals surface area contributed by atoms with E-state index in [-0.39, 0.29) is 11.5 Å². The molecule has 1 aromatic rings. The number of likely N-dealkylation sites (tertiary alicyclic amines) is 1. The van der Waals surface area contributed by atoms with E-state index in [9.17, 15) is 9.36 Å². The Balaban J connectivity index is 1.53. The molecule has 6 heteroatoms. The van der Waals surface area contributed by atoms with Crippen LogP contribution < -0.4 is 5.30 Å². The molecule has 3 rings (SSSR count). The van der Waals surface area contributed by atoms with Crippen molar-refractivity contribution in [3.05, 3.63) is 29.6 Å². The maximum Gasteiger partial charge on any atom is 0.410 e. The summed E-state index contributed by atoms with van der Waals surface area (Å²) < 4.78 is 17.4. The van der Waals surface area contributed by atoms with Crippen molar-refractivity contribution >= 4 is 24.6 Å². The largest absolute Gasteiger partial charge is 0.444 e. The molecule has 1 saturated heterocycles. The summed E-state index contributed by atoms with van der Waals surface area (Å²) in [7, 11) is -2.25. The number of hydrogen-bond donors (Lipinski definition) is 0. The highest BCUT2D eigenvalue weighted by molar-refractivity contribution is 7.70. The lowest BCUT2D eigenvalue weighted by Crippen LogP contribution is -2.62. The third-order valence-electron chi connectivity index (χ3n) is 4.65. The van der Waals surface area contributed by atoms with Gasteiger partial charge in [0.05, 0.1) is 5.69 Å². The zero-order chi connectivity index (χ0) is 18.5. The number of allylic oxidation sites excluding steroid dienone is 1. The number of aromatic nitrogens is 1. The van der Waals surface area contributed by atoms with E-state index in [0.29, 0.717) is 0 Å². The van der Waals surface area contributed by atoms with Crippen molar-refractivity contribution in [2.24, 2.45) is 5.41 Å². The minimum atomic E-state index is -2.25. The molecule has 0 bridgehead atoms. The van der Waals surface area contributed by atoms with Crippen LogP contribution in [0.2, 0.25) is 0 Å². The molecule has 0 aromatic carbocycles. The van der Waals surface area contributed by atoms with Gasteiger partial charge in [-0.25, -0.2) is 4.79 Å². The van der Waals surface area contributed by atoms with Gasteiger partial charge in [-0.05, 0) is 65.2 Å². The maximum absolute atomic E-state index is 12.0. The molecule has 1 amide bonds. The van der Waals surface area contributed by atoms with Crippen LogP contribution in [0.15, 0.2) is 23.9 Å². The van der Waals surface area contributed by atoms with Crippen molar-refractivity contribution in [1.29, 1.82) is 0 Å². The number of carbonyl (C=O) groups excluding carboxylic acids is 1. The van der Waals surface area contributed by atoms with E-state index in [4.69, 9.17) is 4.74 Å². The quantitative estimate of drug-likeness (QED) is 0.752. The predicted octanol–water partition coefficient (Wildman–Crippen LogP) is 3.74. The molecule has 136 valence electrons. The Morgan fingerprint density at radius 2 is 1.92 bits per heavy atom. The minimum Gasteiger partial charge on any atom is -0.444 e. The van der Waals surface area contributed by atoms with E-state index in [0.717, 1.165) is 36.9 Å². The molecule has 0 unspecified atom stereocenters. The molecule has 2 heterocycles. The topological polar surface area (TPSA) is 59.5 Å². The smallest absolute Gasteiger partial charge is 0.410 e. The molecule has 0 atom stereocenters. The van der Waals surface area contributed by atoms with E-state index in [2.05, 4.69) is 11.1 Å². The molecule has 1 aliphatic carbocycles. The summed E-state index contributed by atoms with van der Waals surface area (Å²) in [5, 5.41) is 0.812. The molecule has 25 heavy (non-hydrogen) atoms. The summed E-state index contributed by atoms with van der Waals surface area (Å²) >= 11 is 0. The lowest BCUT2D eigenvalue weighted by atomic mass is 9.60. The van der Waals surface area contributed by atoms with Gasteiger partial charge < -0.3 is 14.2 Å². The highest BCUT2D eigenvalue weighted by Crippen LogP contribution is 2.52. The molecule has 1 aliphatic heterocycles. The van der Waals surface area contributed by atoms with Crippen LogP contribution in [0.5, 0.6) is 0 Å². The number of hydrogen-bond acceptors (Lipinski definition) is 4. The normalized spacial score (nSPS) is 19.2. The summed E-state index contributed by atoms with van der Waals surface area (Å²) in [5.41, 5.74) is 2.07. The first-order valence-corrected chi connectivity index (χ1v) is 11.3. The first-order valence-electron chi connectivity index (χ1n) is 8.65. The van der Waals surface area contributed by atoms with Crippen LogP contribution >= 0.6 is 7.14 Å². The lowest BCUT2D eigenvalue weighted by Gasteiger charge is -2.56. The first kappa shape index (κ1) is 18.2. The van der Waals surface area contributed by atoms with Crippen molar-refractivity contribution in [2.45, 2.75) is 39.2 Å². The van der Waals surface area contributed by atoms with Gasteiger partial charge in [0, 0.05) is 30.0 Å². The van der Waals surface area contributed by atoms with Crippen molar-refractivity contribution in [3.63, 3.8) is 0 Å². The number of nitrogens with zero attached hydrogens (tertiary/aromatic N) is 2. The average Bonchev–Trinajstić information content (AvgIpc) is 2.37. The number of rotatable bonds is 2. The average molecular weight is 362 g/mol. The molecule has 1 spiro atoms. The van der Waals surface area contributed by atoms with Crippen LogP contribution in [0.4, 0.5) is 4.79 Å². The number of ether oxygens (including phenoxy) is 1. The Morgan fingerprint density at radius 3 is 2.40 bits per heavy atom. The van der Waals surface area contributed by atoms with Gasteiger partial charge in [-0.1, -0.05) is 5.57 Å². The molecule has 1 saturated carbocycles. The van der Waals surface area contributed by atoms with Crippen LogP contribution in [0.25, 0.3) is 6.08 Å². The second-order valence-electron chi connectivity index (χ2n) is 8.78. The van der Waals surface area contributed by atoms with Crippen molar-refractivity contribution < 1.29 is 14.1 Å². The van der Waals surface area contributed by atoms with Crippen LogP contribution in [-0.4, -0.2) is 48.0 Å². The second kappa shape index (κ2) is 5.98. The highest BCUT2D eigenvalue weighted by Gasteiger charge is 2.52. The summed E-state index contributed by atoms with van der Waals surface area (Å²) in [6, 6.07) is 3.84. The van der Waals surface area contributed by atoms with Crippen LogP contribution in [0.1, 0.15) is 39.3 Å². The zero-order valence-corrected chi connectivity index (χ0v) is 16.6. The molecule has 1 aromatic heterocycles. The molecular weight excluding hydrogens is 335 g/mol. The monoisotopic (exact) mass is 362 g/mol. The molecule has 5 nitrogen and oxygen atoms in total. The fraction of sp³-hybridized carbons (Fsp3) is 0.579. The van der Waals surface area contributed by atoms with Crippen molar-refractivity contribution in [3.8, 4) is 0 Å². The van der Waals surface area contributed by atoms with E-state index in [1.807, 2.05) is 32.9 Å². The number of pyridine rings is 1. The van der Waals surface area contributed by atoms with E-state index in [1.165, 1.54) is 5.57 Å². The van der Waals surface area contributed by atoms with E-state index < -0.39 is 12.7 Å². The fourth-order valence-corrected chi connectivity index (χ4v) is 4.24. The molecule has 0 N–H and O–H groups in total. The van der Waals surface area contributed by atoms with Gasteiger partial charge in [0.15, 0.2) is 0 Å². The summed E-state index contributed by atoms with van der Waals surface area (Å²) in [6.45, 7) is 10.7. The molecule has 0 radical (unpaired) electrons. The summed E-state index contributed by atoms with van der Waals surface area (Å²) in [6.07, 6.45) is 5.64. The third-order valence-corrected chi connectivity index (χ3v) is 6.16. The Labute approximate surface area is 149 Å². The Bertz CT molecular complexity index is 740. The standard InChI is InChI=1S/C19H27N2O3P/c1-18(2,3)24-17(22)21-12-19(13-21)9-14(10-19)8-15-6-7-16(11-20-15)25(4,5)23/h6-8,11H,9-10,12-13H2,1-5H3. The van der Waals surface area contributed by atoms with Crippen LogP contribution in [0.3, 0.4) is 0 Å². The van der Waals surface area contributed by atoms with Gasteiger partial charge >= 0.3 is 6.09 Å². The minimum absolute atomic E-state index is 0.212. The Kier molecular flexibility index (Phi) is 4.35. The van der Waals surface area contributed by atoms with Gasteiger partial charge in [-0.15, -0.1) is 0 Å². The van der Waals surface area contributed by atoms with Crippen LogP contribution in [0, 0.1) is 5.41 Å². The van der Waals surface area contributed by atoms with Crippen molar-refractivity contribution in [2.75, 3.05) is 26.4 Å². The van der Waals surface area contributed by atoms with Gasteiger partial charge in [-0.3, -0.25) is 4.98 Å². The zero-order valence-electron chi connectivity index (χ0n) is 15.7. The van der Waals surface area contributed by atoms with Crippen molar-refractivity contribution in [1.82, 2.24) is 9.88 Å². The summed E-state index contributed by atoms with van der Waals surface area (Å²) in [4.78, 5) is 18.2. The van der Waals surface area contributed by atoms with Gasteiger partial charge in [0.25, 0.3) is 0 Å². The second-order valence-corrected chi connectivity index (χ2v) is 12.0.